The molecule has 1 aromatic heterocycles. The van der Waals surface area contributed by atoms with Gasteiger partial charge in [-0.25, -0.2) is 0 Å². The fraction of sp³-hybridized carbons (Fsp3) is 0.148. The molecular weight excluding hydrogens is 439 g/mol. The largest absolute Gasteiger partial charge is 0.345 e. The molecule has 1 unspecified atom stereocenters. The second-order valence-corrected chi connectivity index (χ2v) is 8.52. The molecule has 0 N–H and O–H groups in total. The molecule has 1 atom stereocenters. The molecule has 0 bridgehead atoms. The van der Waals surface area contributed by atoms with Crippen molar-refractivity contribution in [2.24, 2.45) is 0 Å². The Kier molecular flexibility index (Phi) is 7.31. The average molecular weight is 463 g/mol. The van der Waals surface area contributed by atoms with E-state index in [9.17, 15) is 4.79 Å². The van der Waals surface area contributed by atoms with Crippen molar-refractivity contribution in [1.82, 2.24) is 9.47 Å². The molecule has 0 aliphatic carbocycles. The normalized spacial score (nSPS) is 11.8. The standard InChI is InChI=1S/C27H24Cl2N2O/c28-25-16-8-7-14-23(25)19-30-17-9-15-24(30)20-31(18-21-10-3-1-4-11-21)27(32)26(29)22-12-5-2-6-13-22/h1-17,26H,18-20H2. The minimum atomic E-state index is -0.744. The van der Waals surface area contributed by atoms with E-state index in [1.807, 2.05) is 108 Å². The molecule has 0 radical (unpaired) electrons. The van der Waals surface area contributed by atoms with Gasteiger partial charge in [0.25, 0.3) is 0 Å². The lowest BCUT2D eigenvalue weighted by molar-refractivity contribution is -0.132. The van der Waals surface area contributed by atoms with Crippen LogP contribution in [0.4, 0.5) is 0 Å². The number of halogens is 2. The van der Waals surface area contributed by atoms with Gasteiger partial charge in [-0.05, 0) is 34.9 Å². The van der Waals surface area contributed by atoms with Crippen molar-refractivity contribution < 1.29 is 4.79 Å². The van der Waals surface area contributed by atoms with E-state index in [1.165, 1.54) is 0 Å². The lowest BCUT2D eigenvalue weighted by Gasteiger charge is -2.26. The van der Waals surface area contributed by atoms with Gasteiger partial charge < -0.3 is 9.47 Å². The highest BCUT2D eigenvalue weighted by molar-refractivity contribution is 6.31. The molecule has 0 fully saturated rings. The molecule has 3 aromatic carbocycles. The van der Waals surface area contributed by atoms with Crippen LogP contribution in [-0.2, 0) is 24.4 Å². The van der Waals surface area contributed by atoms with E-state index in [4.69, 9.17) is 23.2 Å². The van der Waals surface area contributed by atoms with Crippen LogP contribution in [0, 0.1) is 0 Å². The summed E-state index contributed by atoms with van der Waals surface area (Å²) >= 11 is 13.0. The van der Waals surface area contributed by atoms with E-state index in [2.05, 4.69) is 4.57 Å². The molecule has 0 saturated carbocycles. The van der Waals surface area contributed by atoms with Gasteiger partial charge in [0.05, 0.1) is 6.54 Å². The zero-order valence-corrected chi connectivity index (χ0v) is 19.1. The van der Waals surface area contributed by atoms with Crippen molar-refractivity contribution in [2.45, 2.75) is 25.0 Å². The van der Waals surface area contributed by atoms with Crippen LogP contribution >= 0.6 is 23.2 Å². The third kappa shape index (κ3) is 5.42. The Morgan fingerprint density at radius 2 is 1.47 bits per heavy atom. The molecule has 1 heterocycles. The number of carbonyl (C=O) groups is 1. The fourth-order valence-corrected chi connectivity index (χ4v) is 4.17. The second kappa shape index (κ2) is 10.5. The van der Waals surface area contributed by atoms with Gasteiger partial charge >= 0.3 is 0 Å². The zero-order valence-electron chi connectivity index (χ0n) is 17.6. The predicted molar refractivity (Wildman–Crippen MR) is 131 cm³/mol. The molecule has 0 saturated heterocycles. The van der Waals surface area contributed by atoms with Crippen LogP contribution < -0.4 is 0 Å². The van der Waals surface area contributed by atoms with Gasteiger partial charge in [-0.3, -0.25) is 4.79 Å². The smallest absolute Gasteiger partial charge is 0.245 e. The predicted octanol–water partition coefficient (Wildman–Crippen LogP) is 6.70. The van der Waals surface area contributed by atoms with Crippen molar-refractivity contribution in [3.63, 3.8) is 0 Å². The van der Waals surface area contributed by atoms with Crippen molar-refractivity contribution >= 4 is 29.1 Å². The topological polar surface area (TPSA) is 25.2 Å². The molecule has 1 amide bonds. The first-order chi connectivity index (χ1) is 15.6. The molecule has 0 spiro atoms. The van der Waals surface area contributed by atoms with E-state index < -0.39 is 5.38 Å². The van der Waals surface area contributed by atoms with Crippen molar-refractivity contribution in [2.75, 3.05) is 0 Å². The van der Waals surface area contributed by atoms with Crippen LogP contribution in [0.5, 0.6) is 0 Å². The molecule has 32 heavy (non-hydrogen) atoms. The number of carbonyl (C=O) groups excluding carboxylic acids is 1. The van der Waals surface area contributed by atoms with Crippen LogP contribution in [0.1, 0.15) is 27.8 Å². The molecule has 0 aliphatic heterocycles. The summed E-state index contributed by atoms with van der Waals surface area (Å²) in [5.41, 5.74) is 3.91. The Hall–Kier alpha value is -3.01. The van der Waals surface area contributed by atoms with Gasteiger partial charge in [0.2, 0.25) is 5.91 Å². The molecule has 0 aliphatic rings. The molecule has 5 heteroatoms. The Balaban J connectivity index is 1.59. The number of aromatic nitrogens is 1. The first-order valence-electron chi connectivity index (χ1n) is 10.5. The van der Waals surface area contributed by atoms with Crippen LogP contribution in [-0.4, -0.2) is 15.4 Å². The van der Waals surface area contributed by atoms with Gasteiger partial charge in [0.1, 0.15) is 5.38 Å². The average Bonchev–Trinajstić information content (AvgIpc) is 3.27. The second-order valence-electron chi connectivity index (χ2n) is 7.67. The first-order valence-corrected chi connectivity index (χ1v) is 11.3. The molecule has 4 aromatic rings. The molecule has 162 valence electrons. The SMILES string of the molecule is O=C(C(Cl)c1ccccc1)N(Cc1ccccc1)Cc1cccn1Cc1ccccc1Cl. The van der Waals surface area contributed by atoms with Crippen LogP contribution in [0.15, 0.2) is 103 Å². The summed E-state index contributed by atoms with van der Waals surface area (Å²) < 4.78 is 2.12. The maximum Gasteiger partial charge on any atom is 0.245 e. The first kappa shape index (κ1) is 22.2. The van der Waals surface area contributed by atoms with E-state index in [1.54, 1.807) is 0 Å². The molecular formula is C27H24Cl2N2O. The third-order valence-electron chi connectivity index (χ3n) is 5.41. The number of hydrogen-bond acceptors (Lipinski definition) is 1. The third-order valence-corrected chi connectivity index (χ3v) is 6.22. The summed E-state index contributed by atoms with van der Waals surface area (Å²) in [6, 6.07) is 31.3. The van der Waals surface area contributed by atoms with Gasteiger partial charge in [0, 0.05) is 30.0 Å². The van der Waals surface area contributed by atoms with Gasteiger partial charge in [-0.1, -0.05) is 90.5 Å². The van der Waals surface area contributed by atoms with Crippen LogP contribution in [0.3, 0.4) is 0 Å². The molecule has 4 rings (SSSR count). The summed E-state index contributed by atoms with van der Waals surface area (Å²) in [4.78, 5) is 15.3. The van der Waals surface area contributed by atoms with Crippen molar-refractivity contribution in [1.29, 1.82) is 0 Å². The van der Waals surface area contributed by atoms with Crippen molar-refractivity contribution in [3.8, 4) is 0 Å². The summed E-state index contributed by atoms with van der Waals surface area (Å²) in [5, 5.41) is -0.0128. The number of hydrogen-bond donors (Lipinski definition) is 0. The summed E-state index contributed by atoms with van der Waals surface area (Å²) in [7, 11) is 0. The number of alkyl halides is 1. The Morgan fingerprint density at radius 3 is 2.19 bits per heavy atom. The van der Waals surface area contributed by atoms with Crippen molar-refractivity contribution in [3.05, 3.63) is 131 Å². The van der Waals surface area contributed by atoms with E-state index in [0.717, 1.165) is 27.4 Å². The quantitative estimate of drug-likeness (QED) is 0.267. The van der Waals surface area contributed by atoms with Gasteiger partial charge in [-0.2, -0.15) is 0 Å². The summed E-state index contributed by atoms with van der Waals surface area (Å²) in [6.07, 6.45) is 2.01. The minimum absolute atomic E-state index is 0.118. The molecule has 3 nitrogen and oxygen atoms in total. The van der Waals surface area contributed by atoms with E-state index in [0.29, 0.717) is 19.6 Å². The lowest BCUT2D eigenvalue weighted by Crippen LogP contribution is -2.33. The highest BCUT2D eigenvalue weighted by Crippen LogP contribution is 2.25. The van der Waals surface area contributed by atoms with Crippen LogP contribution in [0.2, 0.25) is 5.02 Å². The van der Waals surface area contributed by atoms with Crippen LogP contribution in [0.25, 0.3) is 0 Å². The Labute approximate surface area is 198 Å². The number of rotatable bonds is 8. The number of benzene rings is 3. The van der Waals surface area contributed by atoms with Gasteiger partial charge in [0.15, 0.2) is 0 Å². The number of nitrogens with zero attached hydrogens (tertiary/aromatic N) is 2. The fourth-order valence-electron chi connectivity index (χ4n) is 3.69. The Bertz CT molecular complexity index is 1160. The van der Waals surface area contributed by atoms with E-state index in [-0.39, 0.29) is 5.91 Å². The maximum atomic E-state index is 13.5. The highest BCUT2D eigenvalue weighted by atomic mass is 35.5. The van der Waals surface area contributed by atoms with E-state index >= 15 is 0 Å². The maximum absolute atomic E-state index is 13.5. The van der Waals surface area contributed by atoms with Gasteiger partial charge in [-0.15, -0.1) is 11.6 Å². The summed E-state index contributed by atoms with van der Waals surface area (Å²) in [5.74, 6) is -0.118. The lowest BCUT2D eigenvalue weighted by atomic mass is 10.1. The highest BCUT2D eigenvalue weighted by Gasteiger charge is 2.25. The monoisotopic (exact) mass is 462 g/mol. The number of amides is 1. The minimum Gasteiger partial charge on any atom is -0.345 e. The Morgan fingerprint density at radius 1 is 0.812 bits per heavy atom. The summed E-state index contributed by atoms with van der Waals surface area (Å²) in [6.45, 7) is 1.56. The zero-order chi connectivity index (χ0) is 22.3.